The number of hydrogen-bond acceptors (Lipinski definition) is 4. The molecule has 1 amide bonds. The summed E-state index contributed by atoms with van der Waals surface area (Å²) in [5.41, 5.74) is 4.47. The highest BCUT2D eigenvalue weighted by atomic mass is 16.2. The second-order valence-corrected chi connectivity index (χ2v) is 5.83. The van der Waals surface area contributed by atoms with Gasteiger partial charge in [-0.3, -0.25) is 4.79 Å². The first kappa shape index (κ1) is 18.1. The number of nitrogens with one attached hydrogen (secondary N) is 2. The number of aromatic nitrogens is 2. The van der Waals surface area contributed by atoms with Crippen molar-refractivity contribution in [2.24, 2.45) is 5.10 Å². The molecule has 1 aromatic carbocycles. The van der Waals surface area contributed by atoms with Crippen molar-refractivity contribution in [2.75, 3.05) is 7.05 Å². The number of unbranched alkanes of at least 4 members (excludes halogenated alkanes) is 4. The normalized spacial score (nSPS) is 11.4. The zero-order valence-corrected chi connectivity index (χ0v) is 14.6. The average Bonchev–Trinajstić information content (AvgIpc) is 2.92. The Bertz CT molecular complexity index is 677. The lowest BCUT2D eigenvalue weighted by molar-refractivity contribution is -0.121. The van der Waals surface area contributed by atoms with E-state index in [1.165, 1.54) is 19.3 Å². The van der Waals surface area contributed by atoms with Crippen LogP contribution in [0, 0.1) is 0 Å². The molecule has 0 saturated heterocycles. The summed E-state index contributed by atoms with van der Waals surface area (Å²) in [5, 5.41) is 7.12. The van der Waals surface area contributed by atoms with E-state index in [1.807, 2.05) is 35.9 Å². The van der Waals surface area contributed by atoms with E-state index < -0.39 is 0 Å². The molecule has 0 aliphatic carbocycles. The van der Waals surface area contributed by atoms with Crippen molar-refractivity contribution in [3.05, 3.63) is 30.1 Å². The van der Waals surface area contributed by atoms with Crippen molar-refractivity contribution in [2.45, 2.75) is 52.1 Å². The van der Waals surface area contributed by atoms with Gasteiger partial charge in [-0.15, -0.1) is 0 Å². The van der Waals surface area contributed by atoms with Gasteiger partial charge in [-0.2, -0.15) is 5.10 Å². The minimum absolute atomic E-state index is 0.139. The highest BCUT2D eigenvalue weighted by Crippen LogP contribution is 2.15. The first-order chi connectivity index (χ1) is 11.8. The van der Waals surface area contributed by atoms with Crippen molar-refractivity contribution in [1.82, 2.24) is 20.3 Å². The van der Waals surface area contributed by atoms with E-state index in [1.54, 1.807) is 6.21 Å². The Labute approximate surface area is 143 Å². The zero-order chi connectivity index (χ0) is 17.2. The molecule has 0 atom stereocenters. The van der Waals surface area contributed by atoms with Gasteiger partial charge in [0.25, 0.3) is 5.91 Å². The molecule has 0 fully saturated rings. The third-order valence-electron chi connectivity index (χ3n) is 3.84. The highest BCUT2D eigenvalue weighted by molar-refractivity contribution is 5.81. The number of nitrogens with zero attached hydrogens (tertiary/aromatic N) is 3. The fourth-order valence-electron chi connectivity index (χ4n) is 2.62. The van der Waals surface area contributed by atoms with Crippen LogP contribution in [0.1, 0.15) is 44.9 Å². The van der Waals surface area contributed by atoms with E-state index in [0.717, 1.165) is 29.7 Å². The first-order valence-corrected chi connectivity index (χ1v) is 8.65. The minimum Gasteiger partial charge on any atom is -0.317 e. The number of carbonyl (C=O) groups is 1. The summed E-state index contributed by atoms with van der Waals surface area (Å²) in [6.07, 6.45) is 7.49. The number of fused-ring (bicyclic) bond motifs is 1. The number of carbonyl (C=O) groups excluding carboxylic acids is 1. The molecule has 2 rings (SSSR count). The average molecular weight is 329 g/mol. The molecular formula is C18H27N5O. The standard InChI is InChI=1S/C18H27N5O/c1-3-4-5-6-9-12-20-22-18(24)14-23-16-11-8-7-10-15(16)21-17(23)13-19-2/h7-8,10-12,19H,3-6,9,13-14H2,1-2H3,(H,22,24)/b20-12+. The Morgan fingerprint density at radius 3 is 2.92 bits per heavy atom. The lowest BCUT2D eigenvalue weighted by Crippen LogP contribution is -2.25. The van der Waals surface area contributed by atoms with Crippen molar-refractivity contribution in [3.8, 4) is 0 Å². The molecule has 0 saturated carbocycles. The number of rotatable bonds is 10. The van der Waals surface area contributed by atoms with Crippen LogP contribution in [0.3, 0.4) is 0 Å². The van der Waals surface area contributed by atoms with Crippen LogP contribution in [0.2, 0.25) is 0 Å². The quantitative estimate of drug-likeness (QED) is 0.400. The Kier molecular flexibility index (Phi) is 7.42. The predicted octanol–water partition coefficient (Wildman–Crippen LogP) is 2.83. The molecule has 0 unspecified atom stereocenters. The van der Waals surface area contributed by atoms with Gasteiger partial charge < -0.3 is 9.88 Å². The van der Waals surface area contributed by atoms with Gasteiger partial charge in [0.15, 0.2) is 0 Å². The second kappa shape index (κ2) is 9.82. The molecule has 1 aromatic heterocycles. The van der Waals surface area contributed by atoms with Crippen molar-refractivity contribution < 1.29 is 4.79 Å². The maximum atomic E-state index is 12.2. The lowest BCUT2D eigenvalue weighted by atomic mass is 10.2. The second-order valence-electron chi connectivity index (χ2n) is 5.83. The van der Waals surface area contributed by atoms with E-state index in [2.05, 4.69) is 27.8 Å². The highest BCUT2D eigenvalue weighted by Gasteiger charge is 2.12. The third-order valence-corrected chi connectivity index (χ3v) is 3.84. The molecule has 130 valence electrons. The topological polar surface area (TPSA) is 71.3 Å². The van der Waals surface area contributed by atoms with Gasteiger partial charge in [-0.05, 0) is 32.0 Å². The molecule has 2 aromatic rings. The van der Waals surface area contributed by atoms with Crippen LogP contribution in [0.15, 0.2) is 29.4 Å². The first-order valence-electron chi connectivity index (χ1n) is 8.65. The van der Waals surface area contributed by atoms with Crippen LogP contribution in [0.25, 0.3) is 11.0 Å². The molecule has 24 heavy (non-hydrogen) atoms. The molecule has 6 heteroatoms. The number of hydrazone groups is 1. The largest absolute Gasteiger partial charge is 0.317 e. The van der Waals surface area contributed by atoms with E-state index in [-0.39, 0.29) is 12.5 Å². The Hall–Kier alpha value is -2.21. The zero-order valence-electron chi connectivity index (χ0n) is 14.6. The Morgan fingerprint density at radius 1 is 1.29 bits per heavy atom. The van der Waals surface area contributed by atoms with Crippen molar-refractivity contribution >= 4 is 23.2 Å². The summed E-state index contributed by atoms with van der Waals surface area (Å²) in [6.45, 7) is 3.02. The maximum absolute atomic E-state index is 12.2. The molecule has 0 spiro atoms. The maximum Gasteiger partial charge on any atom is 0.260 e. The molecule has 0 aliphatic heterocycles. The Morgan fingerprint density at radius 2 is 2.12 bits per heavy atom. The molecule has 0 bridgehead atoms. The van der Waals surface area contributed by atoms with Crippen LogP contribution in [0.4, 0.5) is 0 Å². The summed E-state index contributed by atoms with van der Waals surface area (Å²) in [6, 6.07) is 7.84. The third kappa shape index (κ3) is 5.16. The van der Waals surface area contributed by atoms with E-state index >= 15 is 0 Å². The lowest BCUT2D eigenvalue weighted by Gasteiger charge is -2.07. The monoisotopic (exact) mass is 329 g/mol. The van der Waals surface area contributed by atoms with Gasteiger partial charge in [0.1, 0.15) is 12.4 Å². The van der Waals surface area contributed by atoms with Crippen LogP contribution < -0.4 is 10.7 Å². The fourth-order valence-corrected chi connectivity index (χ4v) is 2.62. The summed E-state index contributed by atoms with van der Waals surface area (Å²) < 4.78 is 1.93. The summed E-state index contributed by atoms with van der Waals surface area (Å²) >= 11 is 0. The van der Waals surface area contributed by atoms with Crippen LogP contribution in [-0.4, -0.2) is 28.7 Å². The molecule has 6 nitrogen and oxygen atoms in total. The summed E-state index contributed by atoms with van der Waals surface area (Å²) in [4.78, 5) is 16.7. The molecule has 0 radical (unpaired) electrons. The SMILES string of the molecule is CCCCCC/C=N/NC(=O)Cn1c(CNC)nc2ccccc21. The van der Waals surface area contributed by atoms with Crippen molar-refractivity contribution in [1.29, 1.82) is 0 Å². The number of hydrogen-bond donors (Lipinski definition) is 2. The predicted molar refractivity (Wildman–Crippen MR) is 97.9 cm³/mol. The van der Waals surface area contributed by atoms with Gasteiger partial charge >= 0.3 is 0 Å². The number of para-hydroxylation sites is 2. The number of imidazole rings is 1. The van der Waals surface area contributed by atoms with Crippen LogP contribution >= 0.6 is 0 Å². The molecule has 0 aliphatic rings. The van der Waals surface area contributed by atoms with Crippen LogP contribution in [0.5, 0.6) is 0 Å². The van der Waals surface area contributed by atoms with Crippen LogP contribution in [-0.2, 0) is 17.9 Å². The molecule has 1 heterocycles. The Balaban J connectivity index is 1.92. The van der Waals surface area contributed by atoms with Gasteiger partial charge in [0.05, 0.1) is 17.6 Å². The summed E-state index contributed by atoms with van der Waals surface area (Å²) in [7, 11) is 1.87. The molecular weight excluding hydrogens is 302 g/mol. The van der Waals surface area contributed by atoms with Gasteiger partial charge in [0, 0.05) is 6.21 Å². The molecule has 2 N–H and O–H groups in total. The van der Waals surface area contributed by atoms with Gasteiger partial charge in [-0.1, -0.05) is 38.3 Å². The van der Waals surface area contributed by atoms with E-state index in [9.17, 15) is 4.79 Å². The van der Waals surface area contributed by atoms with Gasteiger partial charge in [-0.25, -0.2) is 10.4 Å². The summed E-state index contributed by atoms with van der Waals surface area (Å²) in [5.74, 6) is 0.706. The fraction of sp³-hybridized carbons (Fsp3) is 0.500. The van der Waals surface area contributed by atoms with Gasteiger partial charge in [0.2, 0.25) is 0 Å². The van der Waals surface area contributed by atoms with Crippen molar-refractivity contribution in [3.63, 3.8) is 0 Å². The minimum atomic E-state index is -0.139. The number of benzene rings is 1. The smallest absolute Gasteiger partial charge is 0.260 e. The van der Waals surface area contributed by atoms with E-state index in [0.29, 0.717) is 6.54 Å². The number of amides is 1. The van der Waals surface area contributed by atoms with E-state index in [4.69, 9.17) is 0 Å².